The van der Waals surface area contributed by atoms with Crippen molar-refractivity contribution in [2.75, 3.05) is 18.6 Å². The predicted molar refractivity (Wildman–Crippen MR) is 103 cm³/mol. The Balaban J connectivity index is 1.73. The van der Waals surface area contributed by atoms with Gasteiger partial charge in [-0.25, -0.2) is 9.78 Å². The Labute approximate surface area is 155 Å². The Hall–Kier alpha value is -3.61. The fourth-order valence-corrected chi connectivity index (χ4v) is 3.32. The minimum absolute atomic E-state index is 0.0712. The first kappa shape index (κ1) is 16.8. The lowest BCUT2D eigenvalue weighted by Gasteiger charge is -2.19. The number of esters is 1. The number of aliphatic hydroxyl groups is 1. The molecule has 7 nitrogen and oxygen atoms in total. The first-order chi connectivity index (χ1) is 13.0. The molecule has 2 N–H and O–H groups in total. The van der Waals surface area contributed by atoms with Crippen LogP contribution in [0.5, 0.6) is 0 Å². The van der Waals surface area contributed by atoms with Crippen LogP contribution in [0.15, 0.2) is 54.3 Å². The van der Waals surface area contributed by atoms with Crippen molar-refractivity contribution in [1.29, 1.82) is 5.41 Å². The molecule has 4 rings (SSSR count). The van der Waals surface area contributed by atoms with Gasteiger partial charge in [-0.05, 0) is 30.3 Å². The van der Waals surface area contributed by atoms with Crippen molar-refractivity contribution in [3.8, 4) is 0 Å². The molecule has 27 heavy (non-hydrogen) atoms. The number of methoxy groups -OCH3 is 1. The molecular formula is C20H18N4O3. The molecule has 2 aromatic carbocycles. The SMILES string of the molecule is COC(=O)c1cccc(N2CC(O)=C(c3nc4ccccc4n3C)C2=N)c1. The van der Waals surface area contributed by atoms with Crippen LogP contribution in [0.3, 0.4) is 0 Å². The molecule has 0 aliphatic carbocycles. The zero-order chi connectivity index (χ0) is 19.1. The maximum atomic E-state index is 11.8. The van der Waals surface area contributed by atoms with Crippen molar-refractivity contribution in [3.63, 3.8) is 0 Å². The second-order valence-corrected chi connectivity index (χ2v) is 6.28. The number of hydrogen-bond donors (Lipinski definition) is 2. The van der Waals surface area contributed by atoms with Crippen molar-refractivity contribution in [2.24, 2.45) is 7.05 Å². The largest absolute Gasteiger partial charge is 0.509 e. The van der Waals surface area contributed by atoms with E-state index in [1.54, 1.807) is 29.2 Å². The van der Waals surface area contributed by atoms with Gasteiger partial charge >= 0.3 is 5.97 Å². The summed E-state index contributed by atoms with van der Waals surface area (Å²) < 4.78 is 6.62. The maximum absolute atomic E-state index is 11.8. The minimum atomic E-state index is -0.449. The number of amidine groups is 1. The highest BCUT2D eigenvalue weighted by Crippen LogP contribution is 2.32. The van der Waals surface area contributed by atoms with Gasteiger partial charge in [0.25, 0.3) is 0 Å². The van der Waals surface area contributed by atoms with Crippen LogP contribution in [0.2, 0.25) is 0 Å². The van der Waals surface area contributed by atoms with E-state index in [0.717, 1.165) is 11.0 Å². The third-order valence-corrected chi connectivity index (χ3v) is 4.69. The number of carbonyl (C=O) groups excluding carboxylic acids is 1. The smallest absolute Gasteiger partial charge is 0.337 e. The van der Waals surface area contributed by atoms with E-state index in [0.29, 0.717) is 22.6 Å². The van der Waals surface area contributed by atoms with Crippen LogP contribution in [0.25, 0.3) is 16.6 Å². The fourth-order valence-electron chi connectivity index (χ4n) is 3.32. The van der Waals surface area contributed by atoms with E-state index in [1.807, 2.05) is 35.9 Å². The number of para-hydroxylation sites is 2. The number of hydrogen-bond acceptors (Lipinski definition) is 5. The lowest BCUT2D eigenvalue weighted by molar-refractivity contribution is 0.0601. The molecule has 0 spiro atoms. The quantitative estimate of drug-likeness (QED) is 0.699. The summed E-state index contributed by atoms with van der Waals surface area (Å²) in [5, 5.41) is 19.2. The molecule has 0 atom stereocenters. The molecule has 1 aliphatic heterocycles. The zero-order valence-corrected chi connectivity index (χ0v) is 14.9. The molecular weight excluding hydrogens is 344 g/mol. The number of anilines is 1. The van der Waals surface area contributed by atoms with Gasteiger partial charge in [0.05, 0.1) is 35.8 Å². The van der Waals surface area contributed by atoms with Crippen LogP contribution in [-0.2, 0) is 11.8 Å². The van der Waals surface area contributed by atoms with E-state index in [1.165, 1.54) is 7.11 Å². The molecule has 0 radical (unpaired) electrons. The van der Waals surface area contributed by atoms with Gasteiger partial charge in [-0.15, -0.1) is 0 Å². The van der Waals surface area contributed by atoms with Crippen LogP contribution in [0.4, 0.5) is 5.69 Å². The fraction of sp³-hybridized carbons (Fsp3) is 0.150. The Morgan fingerprint density at radius 3 is 2.74 bits per heavy atom. The van der Waals surface area contributed by atoms with Crippen molar-refractivity contribution < 1.29 is 14.6 Å². The van der Waals surface area contributed by atoms with Crippen molar-refractivity contribution in [2.45, 2.75) is 0 Å². The van der Waals surface area contributed by atoms with E-state index in [4.69, 9.17) is 10.1 Å². The van der Waals surface area contributed by atoms with Crippen molar-refractivity contribution >= 4 is 34.1 Å². The summed E-state index contributed by atoms with van der Waals surface area (Å²) in [6.07, 6.45) is 0. The van der Waals surface area contributed by atoms with Gasteiger partial charge in [0, 0.05) is 12.7 Å². The van der Waals surface area contributed by atoms with E-state index < -0.39 is 5.97 Å². The molecule has 0 saturated carbocycles. The van der Waals surface area contributed by atoms with Crippen LogP contribution in [-0.4, -0.2) is 40.1 Å². The van der Waals surface area contributed by atoms with Gasteiger partial charge in [0.15, 0.2) is 0 Å². The number of nitrogens with one attached hydrogen (secondary N) is 1. The first-order valence-electron chi connectivity index (χ1n) is 8.40. The summed E-state index contributed by atoms with van der Waals surface area (Å²) in [5.74, 6) is 0.287. The number of ether oxygens (including phenoxy) is 1. The number of carbonyl (C=O) groups is 1. The molecule has 7 heteroatoms. The monoisotopic (exact) mass is 362 g/mol. The summed E-state index contributed by atoms with van der Waals surface area (Å²) in [4.78, 5) is 18.0. The average molecular weight is 362 g/mol. The van der Waals surface area contributed by atoms with Crippen LogP contribution in [0, 0.1) is 5.41 Å². The average Bonchev–Trinajstić information content (AvgIpc) is 3.17. The standard InChI is InChI=1S/C20H18N4O3/c1-23-15-9-4-3-8-14(15)22-19(23)17-16(25)11-24(18(17)21)13-7-5-6-12(10-13)20(26)27-2/h3-10,21,25H,11H2,1-2H3. The number of fused-ring (bicyclic) bond motifs is 1. The van der Waals surface area contributed by atoms with E-state index in [9.17, 15) is 9.90 Å². The van der Waals surface area contributed by atoms with E-state index in [2.05, 4.69) is 4.98 Å². The highest BCUT2D eigenvalue weighted by molar-refractivity contribution is 6.30. The van der Waals surface area contributed by atoms with Gasteiger partial charge in [-0.2, -0.15) is 0 Å². The van der Waals surface area contributed by atoms with Gasteiger partial charge < -0.3 is 19.3 Å². The first-order valence-corrected chi connectivity index (χ1v) is 8.40. The summed E-state index contributed by atoms with van der Waals surface area (Å²) in [6.45, 7) is 0.141. The van der Waals surface area contributed by atoms with Crippen molar-refractivity contribution in [3.05, 3.63) is 65.7 Å². The molecule has 136 valence electrons. The van der Waals surface area contributed by atoms with Gasteiger partial charge in [-0.3, -0.25) is 5.41 Å². The Kier molecular flexibility index (Phi) is 3.92. The molecule has 0 saturated heterocycles. The lowest BCUT2D eigenvalue weighted by Crippen LogP contribution is -2.26. The number of imidazole rings is 1. The molecule has 0 bridgehead atoms. The number of rotatable bonds is 3. The normalized spacial score (nSPS) is 14.3. The Morgan fingerprint density at radius 2 is 2.00 bits per heavy atom. The third-order valence-electron chi connectivity index (χ3n) is 4.69. The Morgan fingerprint density at radius 1 is 1.22 bits per heavy atom. The van der Waals surface area contributed by atoms with Crippen molar-refractivity contribution in [1.82, 2.24) is 9.55 Å². The van der Waals surface area contributed by atoms with Gasteiger partial charge in [-0.1, -0.05) is 18.2 Å². The number of nitrogens with zero attached hydrogens (tertiary/aromatic N) is 3. The summed E-state index contributed by atoms with van der Waals surface area (Å²) in [7, 11) is 3.18. The molecule has 1 aliphatic rings. The molecule has 0 fully saturated rings. The van der Waals surface area contributed by atoms with Crippen LogP contribution >= 0.6 is 0 Å². The topological polar surface area (TPSA) is 91.4 Å². The van der Waals surface area contributed by atoms with Gasteiger partial charge in [0.1, 0.15) is 17.4 Å². The maximum Gasteiger partial charge on any atom is 0.337 e. The van der Waals surface area contributed by atoms with Crippen LogP contribution in [0.1, 0.15) is 16.2 Å². The third kappa shape index (κ3) is 2.64. The second-order valence-electron chi connectivity index (χ2n) is 6.28. The molecule has 2 heterocycles. The number of aliphatic hydroxyl groups excluding tert-OH is 1. The summed E-state index contributed by atoms with van der Waals surface area (Å²) >= 11 is 0. The molecule has 0 amide bonds. The summed E-state index contributed by atoms with van der Waals surface area (Å²) in [5.41, 5.74) is 3.12. The number of aryl methyl sites for hydroxylation is 1. The minimum Gasteiger partial charge on any atom is -0.509 e. The zero-order valence-electron chi connectivity index (χ0n) is 14.9. The predicted octanol–water partition coefficient (Wildman–Crippen LogP) is 3.13. The summed E-state index contributed by atoms with van der Waals surface area (Å²) in [6, 6.07) is 14.5. The Bertz CT molecular complexity index is 1110. The molecule has 3 aromatic rings. The molecule has 0 unspecified atom stereocenters. The number of aromatic nitrogens is 2. The van der Waals surface area contributed by atoms with E-state index in [-0.39, 0.29) is 18.1 Å². The van der Waals surface area contributed by atoms with Crippen LogP contribution < -0.4 is 4.90 Å². The van der Waals surface area contributed by atoms with E-state index >= 15 is 0 Å². The second kappa shape index (κ2) is 6.28. The highest BCUT2D eigenvalue weighted by atomic mass is 16.5. The number of benzene rings is 2. The lowest BCUT2D eigenvalue weighted by atomic mass is 10.2. The highest BCUT2D eigenvalue weighted by Gasteiger charge is 2.32. The van der Waals surface area contributed by atoms with Gasteiger partial charge in [0.2, 0.25) is 0 Å². The molecule has 1 aromatic heterocycles.